The van der Waals surface area contributed by atoms with Gasteiger partial charge in [0.25, 0.3) is 0 Å². The maximum absolute atomic E-state index is 12.3. The fourth-order valence-electron chi connectivity index (χ4n) is 4.06. The van der Waals surface area contributed by atoms with Crippen LogP contribution in [-0.2, 0) is 16.2 Å². The van der Waals surface area contributed by atoms with Crippen molar-refractivity contribution in [3.8, 4) is 22.5 Å². The van der Waals surface area contributed by atoms with Gasteiger partial charge in [0.2, 0.25) is 0 Å². The van der Waals surface area contributed by atoms with Crippen LogP contribution in [0.15, 0.2) is 49.1 Å². The molecule has 0 bridgehead atoms. The van der Waals surface area contributed by atoms with Gasteiger partial charge in [-0.15, -0.1) is 5.10 Å². The number of aromatic nitrogens is 6. The molecule has 188 valence electrons. The lowest BCUT2D eigenvalue weighted by Gasteiger charge is -2.19. The summed E-state index contributed by atoms with van der Waals surface area (Å²) >= 11 is 0. The van der Waals surface area contributed by atoms with Crippen molar-refractivity contribution in [1.29, 1.82) is 0 Å². The monoisotopic (exact) mass is 505 g/mol. The summed E-state index contributed by atoms with van der Waals surface area (Å²) in [5, 5.41) is 8.98. The van der Waals surface area contributed by atoms with Crippen LogP contribution < -0.4 is 4.90 Å². The van der Waals surface area contributed by atoms with Crippen LogP contribution in [0.4, 0.5) is 10.6 Å². The lowest BCUT2D eigenvalue weighted by Crippen LogP contribution is -2.33. The van der Waals surface area contributed by atoms with Gasteiger partial charge in [-0.05, 0) is 24.1 Å². The maximum atomic E-state index is 12.3. The van der Waals surface area contributed by atoms with Gasteiger partial charge in [0, 0.05) is 32.0 Å². The number of hydrogen-bond donors (Lipinski definition) is 0. The molecule has 3 aromatic heterocycles. The van der Waals surface area contributed by atoms with Crippen LogP contribution in [0.25, 0.3) is 28.2 Å². The molecule has 5 rings (SSSR count). The van der Waals surface area contributed by atoms with Gasteiger partial charge >= 0.3 is 6.09 Å². The molecule has 0 N–H and O–H groups in total. The molecule has 1 aliphatic rings. The third kappa shape index (κ3) is 5.02. The molecule has 36 heavy (non-hydrogen) atoms. The van der Waals surface area contributed by atoms with E-state index in [0.29, 0.717) is 30.6 Å². The summed E-state index contributed by atoms with van der Waals surface area (Å²) in [7, 11) is -1.11. The van der Waals surface area contributed by atoms with E-state index in [4.69, 9.17) is 14.5 Å². The summed E-state index contributed by atoms with van der Waals surface area (Å²) in [4.78, 5) is 23.1. The van der Waals surface area contributed by atoms with Crippen molar-refractivity contribution in [3.63, 3.8) is 0 Å². The van der Waals surface area contributed by atoms with Crippen LogP contribution in [-0.4, -0.2) is 62.8 Å². The Morgan fingerprint density at radius 3 is 2.67 bits per heavy atom. The van der Waals surface area contributed by atoms with Gasteiger partial charge < -0.3 is 9.47 Å². The first kappa shape index (κ1) is 24.1. The molecule has 0 saturated carbocycles. The standard InChI is InChI=1S/C25H31N7O3Si/c1-5-20-15-35-25(33)32(20)22-10-11-31-24(28-22)21(14-27-31)18-6-8-19(9-7-18)23-26-16-30(29-23)17-34-12-13-36(2,3)4/h6-11,14,16,20H,5,12-13,15,17H2,1-4H3/t20-/m0/s1. The van der Waals surface area contributed by atoms with Gasteiger partial charge in [-0.1, -0.05) is 50.8 Å². The van der Waals surface area contributed by atoms with Crippen LogP contribution in [0.1, 0.15) is 13.3 Å². The van der Waals surface area contributed by atoms with E-state index < -0.39 is 8.07 Å². The first-order valence-electron chi connectivity index (χ1n) is 12.2. The van der Waals surface area contributed by atoms with Crippen molar-refractivity contribution < 1.29 is 14.3 Å². The zero-order valence-corrected chi connectivity index (χ0v) is 22.1. The third-order valence-electron chi connectivity index (χ3n) is 6.24. The number of carbonyl (C=O) groups excluding carboxylic acids is 1. The van der Waals surface area contributed by atoms with E-state index in [2.05, 4.69) is 34.8 Å². The molecule has 10 nitrogen and oxygen atoms in total. The smallest absolute Gasteiger partial charge is 0.415 e. The van der Waals surface area contributed by atoms with Crippen LogP contribution in [0.3, 0.4) is 0 Å². The topological polar surface area (TPSA) is 99.7 Å². The van der Waals surface area contributed by atoms with Crippen molar-refractivity contribution in [2.24, 2.45) is 0 Å². The number of ether oxygens (including phenoxy) is 2. The number of fused-ring (bicyclic) bond motifs is 1. The minimum absolute atomic E-state index is 0.0175. The zero-order chi connectivity index (χ0) is 25.3. The summed E-state index contributed by atoms with van der Waals surface area (Å²) in [5.74, 6) is 1.21. The molecule has 1 amide bonds. The molecule has 0 spiro atoms. The Morgan fingerprint density at radius 2 is 1.92 bits per heavy atom. The Bertz CT molecular complexity index is 1360. The largest absolute Gasteiger partial charge is 0.447 e. The maximum Gasteiger partial charge on any atom is 0.415 e. The minimum atomic E-state index is -1.11. The van der Waals surface area contributed by atoms with Crippen molar-refractivity contribution in [2.45, 2.75) is 51.8 Å². The van der Waals surface area contributed by atoms with Gasteiger partial charge in [0.05, 0.1) is 12.2 Å². The van der Waals surface area contributed by atoms with Crippen molar-refractivity contribution >= 4 is 25.6 Å². The number of benzene rings is 1. The molecular weight excluding hydrogens is 474 g/mol. The second-order valence-corrected chi connectivity index (χ2v) is 15.8. The lowest BCUT2D eigenvalue weighted by molar-refractivity contribution is 0.0785. The molecule has 11 heteroatoms. The number of hydrogen-bond acceptors (Lipinski definition) is 7. The number of carbonyl (C=O) groups is 1. The van der Waals surface area contributed by atoms with Crippen LogP contribution in [0, 0.1) is 0 Å². The average Bonchev–Trinajstić information content (AvgIpc) is 3.59. The lowest BCUT2D eigenvalue weighted by atomic mass is 10.1. The quantitative estimate of drug-likeness (QED) is 0.240. The van der Waals surface area contributed by atoms with Gasteiger partial charge in [-0.2, -0.15) is 5.10 Å². The van der Waals surface area contributed by atoms with Crippen molar-refractivity contribution in [1.82, 2.24) is 29.4 Å². The zero-order valence-electron chi connectivity index (χ0n) is 21.1. The molecule has 0 aliphatic carbocycles. The molecule has 1 saturated heterocycles. The molecule has 1 atom stereocenters. The van der Waals surface area contributed by atoms with E-state index in [1.165, 1.54) is 0 Å². The van der Waals surface area contributed by atoms with E-state index in [1.807, 2.05) is 37.4 Å². The summed E-state index contributed by atoms with van der Waals surface area (Å²) < 4.78 is 14.4. The number of amides is 1. The van der Waals surface area contributed by atoms with Crippen LogP contribution in [0.2, 0.25) is 25.7 Å². The Labute approximate surface area is 210 Å². The second kappa shape index (κ2) is 9.82. The van der Waals surface area contributed by atoms with E-state index in [1.54, 1.807) is 32.7 Å². The molecular formula is C25H31N7O3Si. The minimum Gasteiger partial charge on any atom is -0.447 e. The molecule has 0 unspecified atom stereocenters. The highest BCUT2D eigenvalue weighted by molar-refractivity contribution is 6.76. The molecule has 4 heterocycles. The van der Waals surface area contributed by atoms with Crippen molar-refractivity contribution in [3.05, 3.63) is 49.1 Å². The SMILES string of the molecule is CC[C@H]1COC(=O)N1c1ccn2ncc(-c3ccc(-c4ncn(COCC[Si](C)(C)C)n4)cc3)c2n1. The summed E-state index contributed by atoms with van der Waals surface area (Å²) in [6.45, 7) is 10.6. The highest BCUT2D eigenvalue weighted by Gasteiger charge is 2.34. The van der Waals surface area contributed by atoms with Gasteiger partial charge in [0.15, 0.2) is 11.5 Å². The Kier molecular flexibility index (Phi) is 6.58. The Balaban J connectivity index is 1.32. The summed E-state index contributed by atoms with van der Waals surface area (Å²) in [6, 6.07) is 10.9. The third-order valence-corrected chi connectivity index (χ3v) is 7.95. The highest BCUT2D eigenvalue weighted by Crippen LogP contribution is 2.29. The Morgan fingerprint density at radius 1 is 1.14 bits per heavy atom. The van der Waals surface area contributed by atoms with Gasteiger partial charge in [-0.3, -0.25) is 4.90 Å². The fraction of sp³-hybridized carbons (Fsp3) is 0.400. The van der Waals surface area contributed by atoms with E-state index >= 15 is 0 Å². The highest BCUT2D eigenvalue weighted by atomic mass is 28.3. The number of cyclic esters (lactones) is 1. The normalized spacial score (nSPS) is 16.2. The first-order chi connectivity index (χ1) is 17.3. The fourth-order valence-corrected chi connectivity index (χ4v) is 4.82. The van der Waals surface area contributed by atoms with Crippen molar-refractivity contribution in [2.75, 3.05) is 18.1 Å². The average molecular weight is 506 g/mol. The second-order valence-electron chi connectivity index (χ2n) is 10.2. The van der Waals surface area contributed by atoms with Gasteiger partial charge in [-0.25, -0.2) is 24.0 Å². The van der Waals surface area contributed by atoms with E-state index in [0.717, 1.165) is 35.8 Å². The van der Waals surface area contributed by atoms with Crippen LogP contribution in [0.5, 0.6) is 0 Å². The van der Waals surface area contributed by atoms with Crippen LogP contribution >= 0.6 is 0 Å². The number of nitrogens with zero attached hydrogens (tertiary/aromatic N) is 7. The number of anilines is 1. The molecule has 1 fully saturated rings. The predicted octanol–water partition coefficient (Wildman–Crippen LogP) is 4.70. The van der Waals surface area contributed by atoms with E-state index in [9.17, 15) is 4.79 Å². The summed E-state index contributed by atoms with van der Waals surface area (Å²) in [6.07, 6.45) is 5.72. The predicted molar refractivity (Wildman–Crippen MR) is 139 cm³/mol. The first-order valence-corrected chi connectivity index (χ1v) is 15.9. The Hall–Kier alpha value is -3.57. The molecule has 4 aromatic rings. The molecule has 0 radical (unpaired) electrons. The molecule has 1 aromatic carbocycles. The van der Waals surface area contributed by atoms with E-state index in [-0.39, 0.29) is 12.1 Å². The van der Waals surface area contributed by atoms with Gasteiger partial charge in [0.1, 0.15) is 25.5 Å². The number of rotatable bonds is 9. The summed E-state index contributed by atoms with van der Waals surface area (Å²) in [5.41, 5.74) is 3.42. The molecule has 1 aliphatic heterocycles.